The first-order chi connectivity index (χ1) is 13.2. The minimum absolute atomic E-state index is 0.00815. The molecule has 0 spiro atoms. The Hall–Kier alpha value is -0.890. The third-order valence-electron chi connectivity index (χ3n) is 9.02. The van der Waals surface area contributed by atoms with Crippen molar-refractivity contribution in [1.29, 1.82) is 0 Å². The molecule has 0 aromatic rings. The molecular formula is C24H38O4. The molecule has 4 nitrogen and oxygen atoms in total. The van der Waals surface area contributed by atoms with Gasteiger partial charge in [0.25, 0.3) is 0 Å². The summed E-state index contributed by atoms with van der Waals surface area (Å²) in [5.74, 6) is 3.89. The van der Waals surface area contributed by atoms with Gasteiger partial charge in [0.2, 0.25) is 0 Å². The Bertz CT molecular complexity index is 639. The van der Waals surface area contributed by atoms with Crippen molar-refractivity contribution >= 4 is 5.78 Å². The topological polar surface area (TPSA) is 44.8 Å². The van der Waals surface area contributed by atoms with Gasteiger partial charge in [0.15, 0.2) is 0 Å². The molecule has 0 saturated heterocycles. The zero-order valence-electron chi connectivity index (χ0n) is 18.5. The summed E-state index contributed by atoms with van der Waals surface area (Å²) < 4.78 is 17.7. The second-order valence-electron chi connectivity index (χ2n) is 10.1. The van der Waals surface area contributed by atoms with Gasteiger partial charge in [-0.3, -0.25) is 4.79 Å². The standard InChI is InChI=1S/C24H38O4/c1-8-11-22(4)14-19(28-15-26-6)23(5)16(2)9-12-24(17(3)21(22)25)13-10-18(27-7)20(23)24/h1,16-20H,9-15H2,2-7H3/t16-,17+,18-,19-,20?,22-,23+,24?/m1/s1. The number of carbonyl (C=O) groups excluding carboxylic acids is 1. The summed E-state index contributed by atoms with van der Waals surface area (Å²) in [6, 6.07) is 0. The smallest absolute Gasteiger partial charge is 0.146 e. The second kappa shape index (κ2) is 7.74. The third-order valence-corrected chi connectivity index (χ3v) is 9.02. The first kappa shape index (κ1) is 21.8. The number of ether oxygens (including phenoxy) is 3. The fourth-order valence-electron chi connectivity index (χ4n) is 7.27. The lowest BCUT2D eigenvalue weighted by atomic mass is 9.44. The van der Waals surface area contributed by atoms with E-state index >= 15 is 0 Å². The van der Waals surface area contributed by atoms with E-state index in [9.17, 15) is 4.79 Å². The summed E-state index contributed by atoms with van der Waals surface area (Å²) in [4.78, 5) is 13.8. The summed E-state index contributed by atoms with van der Waals surface area (Å²) >= 11 is 0. The molecule has 0 radical (unpaired) electrons. The van der Waals surface area contributed by atoms with Gasteiger partial charge in [-0.1, -0.05) is 27.7 Å². The second-order valence-corrected chi connectivity index (χ2v) is 10.1. The average Bonchev–Trinajstić information content (AvgIpc) is 3.07. The van der Waals surface area contributed by atoms with E-state index in [0.29, 0.717) is 30.5 Å². The van der Waals surface area contributed by atoms with Crippen molar-refractivity contribution in [1.82, 2.24) is 0 Å². The van der Waals surface area contributed by atoms with E-state index in [2.05, 4.69) is 33.6 Å². The Morgan fingerprint density at radius 3 is 2.46 bits per heavy atom. The molecule has 8 atom stereocenters. The number of carbonyl (C=O) groups is 1. The molecule has 4 heteroatoms. The summed E-state index contributed by atoms with van der Waals surface area (Å²) in [6.07, 6.45) is 11.2. The van der Waals surface area contributed by atoms with Crippen LogP contribution in [0.2, 0.25) is 0 Å². The van der Waals surface area contributed by atoms with E-state index < -0.39 is 5.41 Å². The first-order valence-electron chi connectivity index (χ1n) is 10.8. The summed E-state index contributed by atoms with van der Waals surface area (Å²) in [7, 11) is 3.48. The van der Waals surface area contributed by atoms with E-state index in [1.54, 1.807) is 7.11 Å². The first-order valence-corrected chi connectivity index (χ1v) is 10.8. The molecule has 158 valence electrons. The third kappa shape index (κ3) is 2.97. The molecule has 0 aromatic carbocycles. The van der Waals surface area contributed by atoms with Crippen molar-refractivity contribution in [2.24, 2.45) is 34.0 Å². The summed E-state index contributed by atoms with van der Waals surface area (Å²) in [6.45, 7) is 9.19. The fourth-order valence-corrected chi connectivity index (χ4v) is 7.27. The molecule has 3 fully saturated rings. The molecule has 3 rings (SSSR count). The fraction of sp³-hybridized carbons (Fsp3) is 0.875. The van der Waals surface area contributed by atoms with E-state index in [4.69, 9.17) is 20.6 Å². The minimum Gasteiger partial charge on any atom is -0.381 e. The van der Waals surface area contributed by atoms with Crippen molar-refractivity contribution in [3.63, 3.8) is 0 Å². The Morgan fingerprint density at radius 1 is 1.18 bits per heavy atom. The molecule has 2 unspecified atom stereocenters. The molecular weight excluding hydrogens is 352 g/mol. The highest BCUT2D eigenvalue weighted by atomic mass is 16.7. The molecule has 0 heterocycles. The van der Waals surface area contributed by atoms with Crippen molar-refractivity contribution < 1.29 is 19.0 Å². The molecule has 0 aliphatic heterocycles. The van der Waals surface area contributed by atoms with Gasteiger partial charge >= 0.3 is 0 Å². The number of methoxy groups -OCH3 is 2. The zero-order chi connectivity index (χ0) is 20.7. The van der Waals surface area contributed by atoms with Crippen molar-refractivity contribution in [2.45, 2.75) is 78.4 Å². The monoisotopic (exact) mass is 390 g/mol. The number of ketones is 1. The molecule has 0 N–H and O–H groups in total. The normalized spacial score (nSPS) is 48.5. The Labute approximate surface area is 171 Å². The minimum atomic E-state index is -0.561. The largest absolute Gasteiger partial charge is 0.381 e. The van der Waals surface area contributed by atoms with Gasteiger partial charge in [-0.15, -0.1) is 12.3 Å². The predicted molar refractivity (Wildman–Crippen MR) is 110 cm³/mol. The summed E-state index contributed by atoms with van der Waals surface area (Å²) in [5, 5.41) is 0. The highest BCUT2D eigenvalue weighted by Gasteiger charge is 2.68. The van der Waals surface area contributed by atoms with E-state index in [-0.39, 0.29) is 35.7 Å². The molecule has 0 aromatic heterocycles. The van der Waals surface area contributed by atoms with Gasteiger partial charge in [0.05, 0.1) is 12.2 Å². The highest BCUT2D eigenvalue weighted by Crippen LogP contribution is 2.68. The number of Topliss-reactive ketones (excluding diaryl/α,β-unsaturated/α-hetero) is 1. The van der Waals surface area contributed by atoms with Gasteiger partial charge in [0, 0.05) is 37.4 Å². The van der Waals surface area contributed by atoms with Crippen LogP contribution in [0.15, 0.2) is 0 Å². The van der Waals surface area contributed by atoms with Crippen molar-refractivity contribution in [3.8, 4) is 12.3 Å². The van der Waals surface area contributed by atoms with Gasteiger partial charge in [-0.2, -0.15) is 0 Å². The molecule has 28 heavy (non-hydrogen) atoms. The Morgan fingerprint density at radius 2 is 1.86 bits per heavy atom. The van der Waals surface area contributed by atoms with Crippen LogP contribution in [0, 0.1) is 46.3 Å². The number of rotatable bonds is 5. The van der Waals surface area contributed by atoms with Crippen molar-refractivity contribution in [2.75, 3.05) is 21.0 Å². The van der Waals surface area contributed by atoms with Gasteiger partial charge in [-0.25, -0.2) is 0 Å². The number of hydrogen-bond acceptors (Lipinski definition) is 4. The quantitative estimate of drug-likeness (QED) is 0.513. The molecule has 3 aliphatic rings. The van der Waals surface area contributed by atoms with E-state index in [0.717, 1.165) is 25.7 Å². The van der Waals surface area contributed by atoms with Crippen LogP contribution in [-0.4, -0.2) is 39.0 Å². The average molecular weight is 391 g/mol. The maximum Gasteiger partial charge on any atom is 0.146 e. The lowest BCUT2D eigenvalue weighted by Crippen LogP contribution is -2.62. The van der Waals surface area contributed by atoms with Crippen LogP contribution >= 0.6 is 0 Å². The molecule has 3 saturated carbocycles. The number of terminal acetylenes is 1. The molecule has 0 amide bonds. The van der Waals surface area contributed by atoms with Crippen LogP contribution in [0.3, 0.4) is 0 Å². The Kier molecular flexibility index (Phi) is 6.03. The lowest BCUT2D eigenvalue weighted by molar-refractivity contribution is -0.219. The molecule has 2 bridgehead atoms. The van der Waals surface area contributed by atoms with Gasteiger partial charge < -0.3 is 14.2 Å². The van der Waals surface area contributed by atoms with E-state index in [1.807, 2.05) is 7.11 Å². The van der Waals surface area contributed by atoms with E-state index in [1.165, 1.54) is 0 Å². The van der Waals surface area contributed by atoms with Crippen molar-refractivity contribution in [3.05, 3.63) is 0 Å². The zero-order valence-corrected chi connectivity index (χ0v) is 18.5. The SMILES string of the molecule is C#CC[C@]1(C)C[C@@H](OCOC)[C@@]2(C)C3[C@H](OC)CCC3(CC[C@H]2C)[C@@H](C)C1=O. The Balaban J connectivity index is 2.19. The van der Waals surface area contributed by atoms with Crippen LogP contribution < -0.4 is 0 Å². The van der Waals surface area contributed by atoms with Gasteiger partial charge in [0.1, 0.15) is 12.6 Å². The maximum atomic E-state index is 13.8. The summed E-state index contributed by atoms with van der Waals surface area (Å²) in [5.41, 5.74) is -0.670. The lowest BCUT2D eigenvalue weighted by Gasteiger charge is -2.62. The van der Waals surface area contributed by atoms with Crippen LogP contribution in [0.4, 0.5) is 0 Å². The predicted octanol–water partition coefficient (Wildman–Crippen LogP) is 4.46. The highest BCUT2D eigenvalue weighted by molar-refractivity contribution is 5.88. The van der Waals surface area contributed by atoms with Crippen LogP contribution in [-0.2, 0) is 19.0 Å². The molecule has 3 aliphatic carbocycles. The van der Waals surface area contributed by atoms with Crippen LogP contribution in [0.1, 0.15) is 66.2 Å². The maximum absolute atomic E-state index is 13.8. The van der Waals surface area contributed by atoms with Crippen LogP contribution in [0.25, 0.3) is 0 Å². The van der Waals surface area contributed by atoms with Gasteiger partial charge in [-0.05, 0) is 49.4 Å². The number of hydrogen-bond donors (Lipinski definition) is 0. The van der Waals surface area contributed by atoms with Crippen LogP contribution in [0.5, 0.6) is 0 Å².